The summed E-state index contributed by atoms with van der Waals surface area (Å²) in [6.45, 7) is 1.75. The van der Waals surface area contributed by atoms with Crippen molar-refractivity contribution >= 4 is 38.1 Å². The number of benzene rings is 1. The molecule has 4 N–H and O–H groups in total. The van der Waals surface area contributed by atoms with Crippen molar-refractivity contribution in [3.63, 3.8) is 0 Å². The van der Waals surface area contributed by atoms with E-state index in [1.54, 1.807) is 26.1 Å². The van der Waals surface area contributed by atoms with Crippen LogP contribution < -0.4 is 15.8 Å². The molecule has 0 unspecified atom stereocenters. The van der Waals surface area contributed by atoms with Crippen molar-refractivity contribution in [2.45, 2.75) is 11.8 Å². The topological polar surface area (TPSA) is 123 Å². The van der Waals surface area contributed by atoms with E-state index >= 15 is 0 Å². The number of primary sulfonamides is 1. The van der Waals surface area contributed by atoms with E-state index in [1.165, 1.54) is 23.5 Å². The Morgan fingerprint density at radius 1 is 1.23 bits per heavy atom. The Morgan fingerprint density at radius 2 is 1.96 bits per heavy atom. The molecule has 2 heterocycles. The molecule has 1 aromatic carbocycles. The van der Waals surface area contributed by atoms with Crippen molar-refractivity contribution in [3.8, 4) is 10.6 Å². The van der Waals surface area contributed by atoms with E-state index in [-0.39, 0.29) is 22.2 Å². The van der Waals surface area contributed by atoms with Gasteiger partial charge in [-0.15, -0.1) is 0 Å². The van der Waals surface area contributed by atoms with Crippen molar-refractivity contribution < 1.29 is 12.8 Å². The second-order valence-corrected chi connectivity index (χ2v) is 7.77. The van der Waals surface area contributed by atoms with Crippen molar-refractivity contribution in [3.05, 3.63) is 42.0 Å². The number of anilines is 3. The Bertz CT molecular complexity index is 1070. The molecule has 3 aromatic rings. The fourth-order valence-electron chi connectivity index (χ4n) is 2.25. The highest BCUT2D eigenvalue weighted by molar-refractivity contribution is 7.89. The van der Waals surface area contributed by atoms with E-state index in [2.05, 4.69) is 25.6 Å². The van der Waals surface area contributed by atoms with Crippen LogP contribution in [0.25, 0.3) is 10.6 Å². The predicted molar refractivity (Wildman–Crippen MR) is 98.5 cm³/mol. The number of halogens is 1. The van der Waals surface area contributed by atoms with Gasteiger partial charge in [-0.1, -0.05) is 23.5 Å². The number of hydrogen-bond acceptors (Lipinski definition) is 8. The van der Waals surface area contributed by atoms with Crippen molar-refractivity contribution in [2.75, 3.05) is 17.7 Å². The van der Waals surface area contributed by atoms with E-state index < -0.39 is 15.8 Å². The molecule has 0 saturated heterocycles. The minimum atomic E-state index is -3.94. The smallest absolute Gasteiger partial charge is 0.240 e. The van der Waals surface area contributed by atoms with Gasteiger partial charge in [0.05, 0.1) is 22.5 Å². The Balaban J connectivity index is 2.03. The van der Waals surface area contributed by atoms with E-state index in [1.807, 2.05) is 0 Å². The highest BCUT2D eigenvalue weighted by atomic mass is 32.2. The number of aromatic nitrogens is 3. The molecular weight excluding hydrogens is 379 g/mol. The van der Waals surface area contributed by atoms with Crippen LogP contribution in [-0.2, 0) is 10.0 Å². The average Bonchev–Trinajstić information content (AvgIpc) is 2.97. The third-order valence-corrected chi connectivity index (χ3v) is 5.56. The molecule has 0 saturated carbocycles. The zero-order valence-corrected chi connectivity index (χ0v) is 15.4. The molecule has 26 heavy (non-hydrogen) atoms. The number of thiazole rings is 1. The van der Waals surface area contributed by atoms with Crippen LogP contribution >= 0.6 is 11.3 Å². The van der Waals surface area contributed by atoms with Crippen LogP contribution in [0, 0.1) is 12.7 Å². The maximum absolute atomic E-state index is 14.2. The molecule has 136 valence electrons. The number of para-hydroxylation sites is 1. The first kappa shape index (κ1) is 18.2. The van der Waals surface area contributed by atoms with Gasteiger partial charge in [0.15, 0.2) is 10.9 Å². The van der Waals surface area contributed by atoms with E-state index in [0.29, 0.717) is 15.7 Å². The highest BCUT2D eigenvalue weighted by Crippen LogP contribution is 2.33. The minimum Gasteiger partial charge on any atom is -0.365 e. The number of nitrogens with two attached hydrogens (primary N) is 1. The summed E-state index contributed by atoms with van der Waals surface area (Å²) in [5.41, 5.74) is 0.893. The van der Waals surface area contributed by atoms with E-state index in [9.17, 15) is 12.8 Å². The fraction of sp³-hybridized carbons (Fsp3) is 0.133. The van der Waals surface area contributed by atoms with Gasteiger partial charge in [0.2, 0.25) is 16.0 Å². The maximum atomic E-state index is 14.2. The normalized spacial score (nSPS) is 11.4. The Morgan fingerprint density at radius 3 is 2.62 bits per heavy atom. The third kappa shape index (κ3) is 3.64. The van der Waals surface area contributed by atoms with Crippen LogP contribution in [0.3, 0.4) is 0 Å². The molecule has 0 aliphatic heterocycles. The van der Waals surface area contributed by atoms with Gasteiger partial charge in [0, 0.05) is 7.05 Å². The van der Waals surface area contributed by atoms with Gasteiger partial charge in [-0.05, 0) is 19.1 Å². The van der Waals surface area contributed by atoms with Gasteiger partial charge >= 0.3 is 0 Å². The zero-order valence-electron chi connectivity index (χ0n) is 13.8. The molecule has 0 fully saturated rings. The van der Waals surface area contributed by atoms with Crippen molar-refractivity contribution in [2.24, 2.45) is 5.14 Å². The van der Waals surface area contributed by atoms with E-state index in [4.69, 9.17) is 5.14 Å². The summed E-state index contributed by atoms with van der Waals surface area (Å²) in [6.07, 6.45) is 1.02. The molecule has 0 spiro atoms. The lowest BCUT2D eigenvalue weighted by Gasteiger charge is -2.10. The first-order chi connectivity index (χ1) is 12.3. The lowest BCUT2D eigenvalue weighted by molar-refractivity contribution is 0.598. The first-order valence-electron chi connectivity index (χ1n) is 7.36. The zero-order chi connectivity index (χ0) is 18.9. The summed E-state index contributed by atoms with van der Waals surface area (Å²) >= 11 is 1.25. The second-order valence-electron chi connectivity index (χ2n) is 5.24. The van der Waals surface area contributed by atoms with Gasteiger partial charge in [-0.3, -0.25) is 0 Å². The lowest BCUT2D eigenvalue weighted by Crippen LogP contribution is -2.14. The van der Waals surface area contributed by atoms with Gasteiger partial charge in [-0.2, -0.15) is 0 Å². The standard InChI is InChI=1S/C15H15FN6O2S2/c1-8-13(25-15(18-2)20-8)12-9(16)7-19-14(22-12)21-10-5-3-4-6-11(10)26(17,23)24/h3-7H,1-2H3,(H,18,20)(H2,17,23,24)(H,19,21,22). The first-order valence-corrected chi connectivity index (χ1v) is 9.73. The SMILES string of the molecule is CNc1nc(C)c(-c2nc(Nc3ccccc3S(N)(=O)=O)ncc2F)s1. The van der Waals surface area contributed by atoms with Crippen LogP contribution in [0.4, 0.5) is 21.2 Å². The maximum Gasteiger partial charge on any atom is 0.240 e. The molecule has 3 rings (SSSR count). The molecule has 0 atom stereocenters. The third-order valence-electron chi connectivity index (χ3n) is 3.41. The largest absolute Gasteiger partial charge is 0.365 e. The minimum absolute atomic E-state index is 0.0382. The van der Waals surface area contributed by atoms with Crippen LogP contribution in [0.2, 0.25) is 0 Å². The molecule has 0 bridgehead atoms. The molecule has 0 aliphatic carbocycles. The van der Waals surface area contributed by atoms with Gasteiger partial charge in [0.1, 0.15) is 10.6 Å². The summed E-state index contributed by atoms with van der Waals surface area (Å²) in [5.74, 6) is -0.569. The van der Waals surface area contributed by atoms with Crippen LogP contribution in [-0.4, -0.2) is 30.4 Å². The number of nitrogens with zero attached hydrogens (tertiary/aromatic N) is 3. The molecule has 2 aromatic heterocycles. The molecule has 0 amide bonds. The Kier molecular flexibility index (Phi) is 4.85. The Labute approximate surface area is 153 Å². The number of sulfonamides is 1. The van der Waals surface area contributed by atoms with Crippen LogP contribution in [0.5, 0.6) is 0 Å². The molecule has 0 aliphatic rings. The number of aryl methyl sites for hydroxylation is 1. The van der Waals surface area contributed by atoms with Crippen molar-refractivity contribution in [1.29, 1.82) is 0 Å². The van der Waals surface area contributed by atoms with Gasteiger partial charge in [-0.25, -0.2) is 32.9 Å². The molecule has 0 radical (unpaired) electrons. The number of hydrogen-bond donors (Lipinski definition) is 3. The average molecular weight is 394 g/mol. The van der Waals surface area contributed by atoms with Gasteiger partial charge < -0.3 is 10.6 Å². The van der Waals surface area contributed by atoms with Crippen LogP contribution in [0.15, 0.2) is 35.4 Å². The van der Waals surface area contributed by atoms with Crippen LogP contribution in [0.1, 0.15) is 5.69 Å². The van der Waals surface area contributed by atoms with Crippen molar-refractivity contribution in [1.82, 2.24) is 15.0 Å². The fourth-order valence-corrected chi connectivity index (χ4v) is 3.85. The molecular formula is C15H15FN6O2S2. The molecule has 8 nitrogen and oxygen atoms in total. The summed E-state index contributed by atoms with van der Waals surface area (Å²) < 4.78 is 37.6. The molecule has 11 heteroatoms. The summed E-state index contributed by atoms with van der Waals surface area (Å²) in [5, 5.41) is 11.5. The second kappa shape index (κ2) is 6.94. The predicted octanol–water partition coefficient (Wildman–Crippen LogP) is 2.48. The quantitative estimate of drug-likeness (QED) is 0.607. The summed E-state index contributed by atoms with van der Waals surface area (Å²) in [7, 11) is -2.22. The van der Waals surface area contributed by atoms with E-state index in [0.717, 1.165) is 6.20 Å². The number of nitrogens with one attached hydrogen (secondary N) is 2. The van der Waals surface area contributed by atoms with Gasteiger partial charge in [0.25, 0.3) is 0 Å². The summed E-state index contributed by atoms with van der Waals surface area (Å²) in [4.78, 5) is 12.8. The highest BCUT2D eigenvalue weighted by Gasteiger charge is 2.18. The Hall–Kier alpha value is -2.63. The number of rotatable bonds is 5. The monoisotopic (exact) mass is 394 g/mol. The lowest BCUT2D eigenvalue weighted by atomic mass is 10.3. The summed E-state index contributed by atoms with van der Waals surface area (Å²) in [6, 6.07) is 6.05.